The van der Waals surface area contributed by atoms with Gasteiger partial charge in [-0.1, -0.05) is 5.16 Å². The highest BCUT2D eigenvalue weighted by molar-refractivity contribution is 6.36. The zero-order chi connectivity index (χ0) is 13.7. The molecular weight excluding hydrogens is 250 g/mol. The number of nitrogens with one attached hydrogen (secondary N) is 1. The molecule has 19 heavy (non-hydrogen) atoms. The highest BCUT2D eigenvalue weighted by atomic mass is 16.6. The maximum Gasteiger partial charge on any atom is 0.353 e. The standard InChI is InChI=1S/C12H19N3O4/c16-11(10-8-9(12(17)18)14-19-10)13-4-3-7-15-5-1-2-6-15/h10H,1-8H2,(H,13,16)(H,17,18). The van der Waals surface area contributed by atoms with Crippen LogP contribution in [0, 0.1) is 0 Å². The van der Waals surface area contributed by atoms with Crippen LogP contribution in [0.1, 0.15) is 25.7 Å². The third kappa shape index (κ3) is 3.92. The Morgan fingerprint density at radius 1 is 1.42 bits per heavy atom. The summed E-state index contributed by atoms with van der Waals surface area (Å²) in [4.78, 5) is 29.5. The minimum atomic E-state index is -1.13. The lowest BCUT2D eigenvalue weighted by atomic mass is 10.1. The van der Waals surface area contributed by atoms with Gasteiger partial charge in [0, 0.05) is 13.0 Å². The minimum Gasteiger partial charge on any atom is -0.477 e. The Labute approximate surface area is 111 Å². The molecule has 7 nitrogen and oxygen atoms in total. The number of carbonyl (C=O) groups excluding carboxylic acids is 1. The van der Waals surface area contributed by atoms with Crippen LogP contribution in [-0.2, 0) is 14.4 Å². The fraction of sp³-hybridized carbons (Fsp3) is 0.750. The van der Waals surface area contributed by atoms with E-state index in [0.717, 1.165) is 26.1 Å². The van der Waals surface area contributed by atoms with Crippen LogP contribution in [-0.4, -0.2) is 59.9 Å². The number of carbonyl (C=O) groups is 2. The Morgan fingerprint density at radius 3 is 2.79 bits per heavy atom. The van der Waals surface area contributed by atoms with Gasteiger partial charge in [-0.2, -0.15) is 0 Å². The second kappa shape index (κ2) is 6.51. The van der Waals surface area contributed by atoms with Crippen molar-refractivity contribution < 1.29 is 19.5 Å². The summed E-state index contributed by atoms with van der Waals surface area (Å²) in [6.45, 7) is 3.87. The maximum absolute atomic E-state index is 11.7. The van der Waals surface area contributed by atoms with Crippen LogP contribution in [0.15, 0.2) is 5.16 Å². The van der Waals surface area contributed by atoms with Gasteiger partial charge in [-0.05, 0) is 38.9 Å². The molecule has 0 spiro atoms. The third-order valence-electron chi connectivity index (χ3n) is 3.36. The Bertz CT molecular complexity index is 377. The van der Waals surface area contributed by atoms with Crippen molar-refractivity contribution in [1.29, 1.82) is 0 Å². The normalized spacial score (nSPS) is 22.9. The van der Waals surface area contributed by atoms with Crippen molar-refractivity contribution in [3.63, 3.8) is 0 Å². The van der Waals surface area contributed by atoms with Crippen LogP contribution in [0.4, 0.5) is 0 Å². The molecule has 2 N–H and O–H groups in total. The summed E-state index contributed by atoms with van der Waals surface area (Å²) < 4.78 is 0. The molecule has 1 atom stereocenters. The topological polar surface area (TPSA) is 91.2 Å². The molecule has 0 bridgehead atoms. The largest absolute Gasteiger partial charge is 0.477 e. The monoisotopic (exact) mass is 269 g/mol. The molecule has 0 aromatic rings. The second-order valence-electron chi connectivity index (χ2n) is 4.83. The van der Waals surface area contributed by atoms with Gasteiger partial charge in [0.2, 0.25) is 6.10 Å². The third-order valence-corrected chi connectivity index (χ3v) is 3.36. The lowest BCUT2D eigenvalue weighted by molar-refractivity contribution is -0.131. The minimum absolute atomic E-state index is 0.0350. The van der Waals surface area contributed by atoms with Crippen molar-refractivity contribution >= 4 is 17.6 Å². The molecule has 1 amide bonds. The molecule has 0 aromatic carbocycles. The van der Waals surface area contributed by atoms with Gasteiger partial charge >= 0.3 is 5.97 Å². The number of amides is 1. The summed E-state index contributed by atoms with van der Waals surface area (Å²) in [6, 6.07) is 0. The predicted octanol–water partition coefficient (Wildman–Crippen LogP) is -0.182. The number of hydrogen-bond acceptors (Lipinski definition) is 5. The fourth-order valence-electron chi connectivity index (χ4n) is 2.28. The predicted molar refractivity (Wildman–Crippen MR) is 67.9 cm³/mol. The smallest absolute Gasteiger partial charge is 0.353 e. The van der Waals surface area contributed by atoms with Gasteiger partial charge < -0.3 is 20.2 Å². The lowest BCUT2D eigenvalue weighted by Gasteiger charge is -2.15. The molecule has 2 heterocycles. The first kappa shape index (κ1) is 13.8. The average molecular weight is 269 g/mol. The highest BCUT2D eigenvalue weighted by Gasteiger charge is 2.31. The molecule has 2 aliphatic rings. The van der Waals surface area contributed by atoms with Gasteiger partial charge in [0.05, 0.1) is 0 Å². The van der Waals surface area contributed by atoms with Crippen LogP contribution in [0.2, 0.25) is 0 Å². The Kier molecular flexibility index (Phi) is 4.73. The van der Waals surface area contributed by atoms with Crippen molar-refractivity contribution in [2.24, 2.45) is 5.16 Å². The Morgan fingerprint density at radius 2 is 2.16 bits per heavy atom. The summed E-state index contributed by atoms with van der Waals surface area (Å²) in [6.07, 6.45) is 2.66. The number of carboxylic acids is 1. The van der Waals surface area contributed by atoms with Crippen molar-refractivity contribution in [2.75, 3.05) is 26.2 Å². The van der Waals surface area contributed by atoms with Crippen molar-refractivity contribution in [3.8, 4) is 0 Å². The van der Waals surface area contributed by atoms with Gasteiger partial charge in [-0.15, -0.1) is 0 Å². The molecule has 0 aliphatic carbocycles. The zero-order valence-electron chi connectivity index (χ0n) is 10.8. The SMILES string of the molecule is O=C(O)C1=NOC(C(=O)NCCCN2CCCC2)C1. The number of nitrogens with zero attached hydrogens (tertiary/aromatic N) is 2. The number of carboxylic acid groups (broad SMARTS) is 1. The molecule has 0 aromatic heterocycles. The van der Waals surface area contributed by atoms with E-state index in [1.54, 1.807) is 0 Å². The van der Waals surface area contributed by atoms with Gasteiger partial charge in [0.15, 0.2) is 5.71 Å². The van der Waals surface area contributed by atoms with Crippen molar-refractivity contribution in [1.82, 2.24) is 10.2 Å². The van der Waals surface area contributed by atoms with E-state index in [1.807, 2.05) is 0 Å². The molecule has 7 heteroatoms. The van der Waals surface area contributed by atoms with Gasteiger partial charge in [-0.25, -0.2) is 4.79 Å². The number of rotatable bonds is 6. The molecule has 0 saturated carbocycles. The van der Waals surface area contributed by atoms with E-state index in [2.05, 4.69) is 15.4 Å². The Balaban J connectivity index is 1.59. The van der Waals surface area contributed by atoms with Crippen LogP contribution in [0.3, 0.4) is 0 Å². The summed E-state index contributed by atoms with van der Waals surface area (Å²) in [5.74, 6) is -1.43. The number of aliphatic carboxylic acids is 1. The molecule has 2 aliphatic heterocycles. The molecule has 0 radical (unpaired) electrons. The molecule has 1 saturated heterocycles. The highest BCUT2D eigenvalue weighted by Crippen LogP contribution is 2.11. The number of likely N-dealkylation sites (tertiary alicyclic amines) is 1. The average Bonchev–Trinajstić information content (AvgIpc) is 3.05. The van der Waals surface area contributed by atoms with E-state index in [-0.39, 0.29) is 18.0 Å². The van der Waals surface area contributed by atoms with Gasteiger partial charge in [-0.3, -0.25) is 4.79 Å². The first-order valence-corrected chi connectivity index (χ1v) is 6.63. The van der Waals surface area contributed by atoms with E-state index < -0.39 is 12.1 Å². The first-order chi connectivity index (χ1) is 9.16. The molecule has 2 rings (SSSR count). The van der Waals surface area contributed by atoms with E-state index >= 15 is 0 Å². The van der Waals surface area contributed by atoms with E-state index in [4.69, 9.17) is 9.94 Å². The Hall–Kier alpha value is -1.63. The molecule has 1 unspecified atom stereocenters. The van der Waals surface area contributed by atoms with Crippen LogP contribution in [0.5, 0.6) is 0 Å². The van der Waals surface area contributed by atoms with Crippen LogP contribution >= 0.6 is 0 Å². The second-order valence-corrected chi connectivity index (χ2v) is 4.83. The van der Waals surface area contributed by atoms with E-state index in [1.165, 1.54) is 12.8 Å². The van der Waals surface area contributed by atoms with Crippen LogP contribution in [0.25, 0.3) is 0 Å². The van der Waals surface area contributed by atoms with E-state index in [9.17, 15) is 9.59 Å². The molecular formula is C12H19N3O4. The first-order valence-electron chi connectivity index (χ1n) is 6.63. The van der Waals surface area contributed by atoms with E-state index in [0.29, 0.717) is 6.54 Å². The van der Waals surface area contributed by atoms with Crippen molar-refractivity contribution in [2.45, 2.75) is 31.8 Å². The number of oxime groups is 1. The summed E-state index contributed by atoms with van der Waals surface area (Å²) in [5, 5.41) is 14.8. The van der Waals surface area contributed by atoms with Crippen LogP contribution < -0.4 is 5.32 Å². The zero-order valence-corrected chi connectivity index (χ0v) is 10.8. The fourth-order valence-corrected chi connectivity index (χ4v) is 2.28. The quantitative estimate of drug-likeness (QED) is 0.653. The molecule has 1 fully saturated rings. The number of hydrogen-bond donors (Lipinski definition) is 2. The van der Waals surface area contributed by atoms with Gasteiger partial charge in [0.25, 0.3) is 5.91 Å². The summed E-state index contributed by atoms with van der Waals surface area (Å²) in [5.41, 5.74) is -0.0998. The molecule has 106 valence electrons. The van der Waals surface area contributed by atoms with Gasteiger partial charge in [0.1, 0.15) is 0 Å². The summed E-state index contributed by atoms with van der Waals surface area (Å²) in [7, 11) is 0. The maximum atomic E-state index is 11.7. The van der Waals surface area contributed by atoms with Crippen molar-refractivity contribution in [3.05, 3.63) is 0 Å². The summed E-state index contributed by atoms with van der Waals surface area (Å²) >= 11 is 0. The lowest BCUT2D eigenvalue weighted by Crippen LogP contribution is -2.36.